The number of halogens is 3. The van der Waals surface area contributed by atoms with E-state index in [1.807, 2.05) is 0 Å². The summed E-state index contributed by atoms with van der Waals surface area (Å²) in [6.07, 6.45) is 1.73. The van der Waals surface area contributed by atoms with E-state index in [4.69, 9.17) is 21.5 Å². The second-order valence-corrected chi connectivity index (χ2v) is 4.30. The monoisotopic (exact) mass is 291 g/mol. The van der Waals surface area contributed by atoms with Gasteiger partial charge in [0.15, 0.2) is 0 Å². The van der Waals surface area contributed by atoms with Crippen molar-refractivity contribution in [3.05, 3.63) is 34.4 Å². The molecule has 0 spiro atoms. The van der Waals surface area contributed by atoms with E-state index in [1.54, 1.807) is 0 Å². The molecule has 0 atom stereocenters. The average molecular weight is 292 g/mol. The van der Waals surface area contributed by atoms with Crippen LogP contribution in [0.3, 0.4) is 0 Å². The maximum Gasteiger partial charge on any atom is 0.290 e. The van der Waals surface area contributed by atoms with E-state index < -0.39 is 11.6 Å². The van der Waals surface area contributed by atoms with Crippen molar-refractivity contribution in [1.29, 1.82) is 0 Å². The van der Waals surface area contributed by atoms with Gasteiger partial charge in [-0.15, -0.1) is 0 Å². The van der Waals surface area contributed by atoms with Gasteiger partial charge < -0.3 is 10.4 Å². The number of carbonyl (C=O) groups is 2. The van der Waals surface area contributed by atoms with Gasteiger partial charge in [-0.1, -0.05) is 11.6 Å². The van der Waals surface area contributed by atoms with Crippen molar-refractivity contribution in [3.8, 4) is 0 Å². The SMILES string of the molecule is O=C(NCc1c(F)ccc(F)c1Cl)C1CC1.O=CO. The van der Waals surface area contributed by atoms with Crippen molar-refractivity contribution < 1.29 is 23.5 Å². The predicted molar refractivity (Wildman–Crippen MR) is 64.6 cm³/mol. The molecule has 1 fully saturated rings. The number of hydrogen-bond acceptors (Lipinski definition) is 2. The molecule has 1 aromatic carbocycles. The summed E-state index contributed by atoms with van der Waals surface area (Å²) in [7, 11) is 0. The molecule has 0 radical (unpaired) electrons. The number of carboxylic acid groups (broad SMARTS) is 1. The summed E-state index contributed by atoms with van der Waals surface area (Å²) >= 11 is 5.61. The van der Waals surface area contributed by atoms with E-state index >= 15 is 0 Å². The first-order valence-electron chi connectivity index (χ1n) is 5.49. The second kappa shape index (κ2) is 7.04. The molecule has 1 aliphatic carbocycles. The molecule has 19 heavy (non-hydrogen) atoms. The molecule has 0 saturated heterocycles. The van der Waals surface area contributed by atoms with Crippen LogP contribution < -0.4 is 5.32 Å². The van der Waals surface area contributed by atoms with Gasteiger partial charge in [0.05, 0.1) is 5.02 Å². The highest BCUT2D eigenvalue weighted by molar-refractivity contribution is 6.31. The summed E-state index contributed by atoms with van der Waals surface area (Å²) in [6, 6.07) is 1.96. The zero-order chi connectivity index (χ0) is 14.4. The zero-order valence-corrected chi connectivity index (χ0v) is 10.6. The molecule has 1 saturated carbocycles. The number of carbonyl (C=O) groups excluding carboxylic acids is 1. The Morgan fingerprint density at radius 1 is 1.42 bits per heavy atom. The quantitative estimate of drug-likeness (QED) is 0.663. The van der Waals surface area contributed by atoms with Gasteiger partial charge in [0.2, 0.25) is 5.91 Å². The summed E-state index contributed by atoms with van der Waals surface area (Å²) < 4.78 is 26.3. The summed E-state index contributed by atoms with van der Waals surface area (Å²) in [6.45, 7) is -0.322. The number of nitrogens with one attached hydrogen (secondary N) is 1. The summed E-state index contributed by atoms with van der Waals surface area (Å²) in [5.41, 5.74) is -0.00401. The predicted octanol–water partition coefficient (Wildman–Crippen LogP) is 2.35. The third-order valence-corrected chi connectivity index (χ3v) is 2.94. The highest BCUT2D eigenvalue weighted by atomic mass is 35.5. The van der Waals surface area contributed by atoms with Gasteiger partial charge in [-0.05, 0) is 25.0 Å². The number of benzene rings is 1. The fourth-order valence-electron chi connectivity index (χ4n) is 1.40. The van der Waals surface area contributed by atoms with Crippen molar-refractivity contribution in [2.45, 2.75) is 19.4 Å². The molecule has 0 heterocycles. The van der Waals surface area contributed by atoms with Crippen LogP contribution in [0.25, 0.3) is 0 Å². The third kappa shape index (κ3) is 4.48. The standard InChI is InChI=1S/C11H10ClF2NO.CH2O2/c12-10-7(8(13)3-4-9(10)14)5-15-11(16)6-1-2-6;2-1-3/h3-4,6H,1-2,5H2,(H,15,16);1H,(H,2,3). The molecule has 0 unspecified atom stereocenters. The minimum Gasteiger partial charge on any atom is -0.483 e. The first-order valence-corrected chi connectivity index (χ1v) is 5.87. The van der Waals surface area contributed by atoms with Gasteiger partial charge in [0.1, 0.15) is 11.6 Å². The Labute approximate surface area is 113 Å². The van der Waals surface area contributed by atoms with Gasteiger partial charge in [-0.2, -0.15) is 0 Å². The lowest BCUT2D eigenvalue weighted by Gasteiger charge is -2.08. The van der Waals surface area contributed by atoms with Crippen LogP contribution in [0.5, 0.6) is 0 Å². The molecular weight excluding hydrogens is 280 g/mol. The highest BCUT2D eigenvalue weighted by Crippen LogP contribution is 2.29. The highest BCUT2D eigenvalue weighted by Gasteiger charge is 2.29. The lowest BCUT2D eigenvalue weighted by Crippen LogP contribution is -2.25. The van der Waals surface area contributed by atoms with Crippen molar-refractivity contribution in [2.75, 3.05) is 0 Å². The molecule has 1 aliphatic rings. The topological polar surface area (TPSA) is 66.4 Å². The zero-order valence-electron chi connectivity index (χ0n) is 9.83. The molecule has 1 aromatic rings. The van der Waals surface area contributed by atoms with E-state index in [2.05, 4.69) is 5.32 Å². The van der Waals surface area contributed by atoms with Gasteiger partial charge in [0.25, 0.3) is 6.47 Å². The summed E-state index contributed by atoms with van der Waals surface area (Å²) in [5.74, 6) is -1.38. The van der Waals surface area contributed by atoms with Crippen LogP contribution in [0.2, 0.25) is 5.02 Å². The van der Waals surface area contributed by atoms with E-state index in [9.17, 15) is 13.6 Å². The first kappa shape index (κ1) is 15.4. The Kier molecular flexibility index (Phi) is 5.69. The molecule has 0 bridgehead atoms. The number of amides is 1. The molecule has 2 N–H and O–H groups in total. The van der Waals surface area contributed by atoms with Gasteiger partial charge in [0, 0.05) is 18.0 Å². The Hall–Kier alpha value is -1.69. The lowest BCUT2D eigenvalue weighted by atomic mass is 10.2. The van der Waals surface area contributed by atoms with Crippen molar-refractivity contribution in [2.24, 2.45) is 5.92 Å². The fourth-order valence-corrected chi connectivity index (χ4v) is 1.62. The molecule has 1 amide bonds. The van der Waals surface area contributed by atoms with Gasteiger partial charge >= 0.3 is 0 Å². The largest absolute Gasteiger partial charge is 0.483 e. The van der Waals surface area contributed by atoms with Gasteiger partial charge in [-0.3, -0.25) is 9.59 Å². The van der Waals surface area contributed by atoms with Crippen molar-refractivity contribution in [3.63, 3.8) is 0 Å². The Morgan fingerprint density at radius 3 is 2.47 bits per heavy atom. The molecule has 2 rings (SSSR count). The molecule has 104 valence electrons. The molecule has 0 aromatic heterocycles. The Bertz CT molecular complexity index is 478. The van der Waals surface area contributed by atoms with Crippen LogP contribution in [0.4, 0.5) is 8.78 Å². The number of rotatable bonds is 3. The maximum atomic E-state index is 13.3. The lowest BCUT2D eigenvalue weighted by molar-refractivity contribution is -0.123. The van der Waals surface area contributed by atoms with Crippen molar-refractivity contribution in [1.82, 2.24) is 5.32 Å². The molecule has 4 nitrogen and oxygen atoms in total. The van der Waals surface area contributed by atoms with Crippen LogP contribution in [0.1, 0.15) is 18.4 Å². The van der Waals surface area contributed by atoms with E-state index in [0.717, 1.165) is 25.0 Å². The Balaban J connectivity index is 0.000000550. The van der Waals surface area contributed by atoms with E-state index in [1.165, 1.54) is 0 Å². The van der Waals surface area contributed by atoms with E-state index in [0.29, 0.717) is 0 Å². The first-order chi connectivity index (χ1) is 9.01. The minimum atomic E-state index is -0.682. The molecule has 7 heteroatoms. The molecule has 0 aliphatic heterocycles. The van der Waals surface area contributed by atoms with Crippen molar-refractivity contribution >= 4 is 24.0 Å². The van der Waals surface area contributed by atoms with Crippen LogP contribution in [-0.4, -0.2) is 17.5 Å². The van der Waals surface area contributed by atoms with Gasteiger partial charge in [-0.25, -0.2) is 8.78 Å². The average Bonchev–Trinajstić information content (AvgIpc) is 3.19. The fraction of sp³-hybridized carbons (Fsp3) is 0.333. The third-order valence-electron chi connectivity index (χ3n) is 2.53. The summed E-state index contributed by atoms with van der Waals surface area (Å²) in [4.78, 5) is 19.7. The van der Waals surface area contributed by atoms with Crippen LogP contribution in [0.15, 0.2) is 12.1 Å². The van der Waals surface area contributed by atoms with Crippen LogP contribution in [-0.2, 0) is 16.1 Å². The Morgan fingerprint density at radius 2 is 1.95 bits per heavy atom. The second-order valence-electron chi connectivity index (χ2n) is 3.92. The van der Waals surface area contributed by atoms with E-state index in [-0.39, 0.29) is 35.4 Å². The normalized spacial score (nSPS) is 13.2. The minimum absolute atomic E-state index is 0.00401. The molecular formula is C12H12ClF2NO3. The smallest absolute Gasteiger partial charge is 0.290 e. The van der Waals surface area contributed by atoms with Crippen LogP contribution in [0, 0.1) is 17.6 Å². The summed E-state index contributed by atoms with van der Waals surface area (Å²) in [5, 5.41) is 9.16. The maximum absolute atomic E-state index is 13.3. The van der Waals surface area contributed by atoms with Crippen LogP contribution >= 0.6 is 11.6 Å². The number of hydrogen-bond donors (Lipinski definition) is 2.